The largest absolute Gasteiger partial charge is 0.346 e. The number of benzene rings is 1. The number of amides is 3. The second-order valence-corrected chi connectivity index (χ2v) is 6.62. The zero-order valence-corrected chi connectivity index (χ0v) is 14.8. The molecular weight excluding hydrogens is 370 g/mol. The number of hydrogen-bond acceptors (Lipinski definition) is 5. The molecule has 0 spiro atoms. The first-order valence-corrected chi connectivity index (χ1v) is 8.94. The van der Waals surface area contributed by atoms with Crippen LogP contribution in [0.4, 0.5) is 19.4 Å². The van der Waals surface area contributed by atoms with Crippen molar-refractivity contribution in [3.05, 3.63) is 41.1 Å². The minimum atomic E-state index is -0.831. The summed E-state index contributed by atoms with van der Waals surface area (Å²) in [5.41, 5.74) is -0.0396. The molecule has 0 atom stereocenters. The zero-order valence-electron chi connectivity index (χ0n) is 14.8. The molecule has 1 fully saturated rings. The summed E-state index contributed by atoms with van der Waals surface area (Å²) < 4.78 is 28.3. The molecule has 28 heavy (non-hydrogen) atoms. The van der Waals surface area contributed by atoms with Crippen molar-refractivity contribution >= 4 is 17.8 Å². The summed E-state index contributed by atoms with van der Waals surface area (Å²) in [5.74, 6) is -2.43. The molecule has 10 heteroatoms. The van der Waals surface area contributed by atoms with Gasteiger partial charge in [0.2, 0.25) is 0 Å². The van der Waals surface area contributed by atoms with E-state index in [2.05, 4.69) is 31.2 Å². The van der Waals surface area contributed by atoms with Gasteiger partial charge in [0.1, 0.15) is 17.2 Å². The maximum atomic E-state index is 14.2. The topological polar surface area (TPSA) is 108 Å². The van der Waals surface area contributed by atoms with Crippen LogP contribution in [0.15, 0.2) is 18.2 Å². The van der Waals surface area contributed by atoms with Gasteiger partial charge in [-0.2, -0.15) is 0 Å². The van der Waals surface area contributed by atoms with Gasteiger partial charge in [-0.15, -0.1) is 0 Å². The average molecular weight is 388 g/mol. The standard InChI is InChI=1S/C18H18F2N6O2/c19-10-2-1-3-11(20)13(10)15-24-12-8-22-17(27)14(12)16(25-15)26-18(28)23-9-4-6-21-7-5-9/h1-3,9,21H,4-8H2,(H,22,27)(H2,23,24,25,26,28). The third-order valence-electron chi connectivity index (χ3n) is 4.72. The highest BCUT2D eigenvalue weighted by Crippen LogP contribution is 2.28. The molecule has 1 aromatic carbocycles. The summed E-state index contributed by atoms with van der Waals surface area (Å²) in [5, 5.41) is 11.1. The lowest BCUT2D eigenvalue weighted by Crippen LogP contribution is -2.44. The van der Waals surface area contributed by atoms with Crippen molar-refractivity contribution in [2.45, 2.75) is 25.4 Å². The van der Waals surface area contributed by atoms with Gasteiger partial charge >= 0.3 is 6.03 Å². The Morgan fingerprint density at radius 1 is 1.11 bits per heavy atom. The average Bonchev–Trinajstić information content (AvgIpc) is 3.03. The molecule has 2 aliphatic rings. The van der Waals surface area contributed by atoms with Crippen LogP contribution in [-0.4, -0.2) is 41.0 Å². The Morgan fingerprint density at radius 2 is 1.82 bits per heavy atom. The van der Waals surface area contributed by atoms with E-state index < -0.39 is 29.1 Å². The van der Waals surface area contributed by atoms with Crippen LogP contribution in [0.3, 0.4) is 0 Å². The molecular formula is C18H18F2N6O2. The van der Waals surface area contributed by atoms with E-state index in [4.69, 9.17) is 0 Å². The monoisotopic (exact) mass is 388 g/mol. The van der Waals surface area contributed by atoms with Gasteiger partial charge in [-0.3, -0.25) is 10.1 Å². The first-order chi connectivity index (χ1) is 13.5. The highest BCUT2D eigenvalue weighted by molar-refractivity contribution is 6.05. The molecule has 0 aliphatic carbocycles. The molecule has 4 N–H and O–H groups in total. The molecule has 4 rings (SSSR count). The molecule has 2 aliphatic heterocycles. The van der Waals surface area contributed by atoms with E-state index in [0.717, 1.165) is 38.1 Å². The minimum absolute atomic E-state index is 0.00607. The summed E-state index contributed by atoms with van der Waals surface area (Å²) in [7, 11) is 0. The molecule has 0 radical (unpaired) electrons. The number of carbonyl (C=O) groups is 2. The quantitative estimate of drug-likeness (QED) is 0.638. The summed E-state index contributed by atoms with van der Waals surface area (Å²) in [6.07, 6.45) is 1.56. The van der Waals surface area contributed by atoms with Crippen LogP contribution in [-0.2, 0) is 6.54 Å². The van der Waals surface area contributed by atoms with E-state index >= 15 is 0 Å². The predicted octanol–water partition coefficient (Wildman–Crippen LogP) is 1.54. The molecule has 8 nitrogen and oxygen atoms in total. The molecule has 1 saturated heterocycles. The lowest BCUT2D eigenvalue weighted by molar-refractivity contribution is 0.0966. The van der Waals surface area contributed by atoms with Gasteiger partial charge in [0.05, 0.1) is 17.8 Å². The van der Waals surface area contributed by atoms with Gasteiger partial charge in [-0.25, -0.2) is 23.5 Å². The fourth-order valence-electron chi connectivity index (χ4n) is 3.34. The van der Waals surface area contributed by atoms with Crippen LogP contribution in [0.5, 0.6) is 0 Å². The van der Waals surface area contributed by atoms with Crippen molar-refractivity contribution in [2.75, 3.05) is 18.4 Å². The lowest BCUT2D eigenvalue weighted by atomic mass is 10.1. The van der Waals surface area contributed by atoms with Gasteiger partial charge in [0, 0.05) is 6.04 Å². The van der Waals surface area contributed by atoms with Crippen molar-refractivity contribution in [1.82, 2.24) is 25.9 Å². The van der Waals surface area contributed by atoms with Crippen LogP contribution in [0.2, 0.25) is 0 Å². The fourth-order valence-corrected chi connectivity index (χ4v) is 3.34. The number of aromatic nitrogens is 2. The van der Waals surface area contributed by atoms with Crippen molar-refractivity contribution in [3.8, 4) is 11.4 Å². The molecule has 0 bridgehead atoms. The summed E-state index contributed by atoms with van der Waals surface area (Å²) in [6.45, 7) is 1.68. The Hall–Kier alpha value is -3.14. The Balaban J connectivity index is 1.67. The first kappa shape index (κ1) is 18.2. The number of halogens is 2. The summed E-state index contributed by atoms with van der Waals surface area (Å²) in [4.78, 5) is 32.7. The highest BCUT2D eigenvalue weighted by Gasteiger charge is 2.29. The van der Waals surface area contributed by atoms with E-state index in [1.807, 2.05) is 0 Å². The summed E-state index contributed by atoms with van der Waals surface area (Å²) >= 11 is 0. The molecule has 3 amide bonds. The van der Waals surface area contributed by atoms with E-state index in [1.165, 1.54) is 6.07 Å². The van der Waals surface area contributed by atoms with E-state index in [0.29, 0.717) is 0 Å². The van der Waals surface area contributed by atoms with Gasteiger partial charge in [0.15, 0.2) is 11.6 Å². The molecule has 0 saturated carbocycles. The summed E-state index contributed by atoms with van der Waals surface area (Å²) in [6, 6.07) is 2.88. The predicted molar refractivity (Wildman–Crippen MR) is 96.6 cm³/mol. The third-order valence-corrected chi connectivity index (χ3v) is 4.72. The van der Waals surface area contributed by atoms with Crippen LogP contribution in [0.25, 0.3) is 11.4 Å². The Bertz CT molecular complexity index is 926. The number of fused-ring (bicyclic) bond motifs is 1. The smallest absolute Gasteiger partial charge is 0.320 e. The SMILES string of the molecule is O=C(Nc1nc(-c2c(F)cccc2F)nc2c1C(=O)NC2)NC1CCNCC1. The van der Waals surface area contributed by atoms with Crippen LogP contribution < -0.4 is 21.3 Å². The Labute approximate surface area is 159 Å². The van der Waals surface area contributed by atoms with Crippen molar-refractivity contribution in [3.63, 3.8) is 0 Å². The Kier molecular flexibility index (Phi) is 4.86. The molecule has 146 valence electrons. The third kappa shape index (κ3) is 3.50. The second kappa shape index (κ2) is 7.47. The number of hydrogen-bond donors (Lipinski definition) is 4. The number of carbonyl (C=O) groups excluding carboxylic acids is 2. The van der Waals surface area contributed by atoms with E-state index in [9.17, 15) is 18.4 Å². The van der Waals surface area contributed by atoms with Gasteiger partial charge in [-0.05, 0) is 38.1 Å². The number of anilines is 1. The number of rotatable bonds is 3. The number of nitrogens with zero attached hydrogens (tertiary/aromatic N) is 2. The van der Waals surface area contributed by atoms with Crippen LogP contribution in [0, 0.1) is 11.6 Å². The normalized spacial score (nSPS) is 16.4. The lowest BCUT2D eigenvalue weighted by Gasteiger charge is -2.23. The van der Waals surface area contributed by atoms with Crippen molar-refractivity contribution < 1.29 is 18.4 Å². The molecule has 2 aromatic rings. The molecule has 0 unspecified atom stereocenters. The van der Waals surface area contributed by atoms with E-state index in [1.54, 1.807) is 0 Å². The maximum Gasteiger partial charge on any atom is 0.320 e. The fraction of sp³-hybridized carbons (Fsp3) is 0.333. The molecule has 3 heterocycles. The maximum absolute atomic E-state index is 14.2. The van der Waals surface area contributed by atoms with E-state index in [-0.39, 0.29) is 35.5 Å². The molecule has 1 aromatic heterocycles. The minimum Gasteiger partial charge on any atom is -0.346 e. The van der Waals surface area contributed by atoms with Crippen molar-refractivity contribution in [2.24, 2.45) is 0 Å². The number of piperidine rings is 1. The van der Waals surface area contributed by atoms with Gasteiger partial charge in [-0.1, -0.05) is 6.07 Å². The number of urea groups is 1. The zero-order chi connectivity index (χ0) is 19.7. The van der Waals surface area contributed by atoms with Gasteiger partial charge < -0.3 is 16.0 Å². The van der Waals surface area contributed by atoms with Crippen LogP contribution in [0.1, 0.15) is 28.9 Å². The van der Waals surface area contributed by atoms with Gasteiger partial charge in [0.25, 0.3) is 5.91 Å². The highest BCUT2D eigenvalue weighted by atomic mass is 19.1. The van der Waals surface area contributed by atoms with Crippen LogP contribution >= 0.6 is 0 Å². The number of nitrogens with one attached hydrogen (secondary N) is 4. The second-order valence-electron chi connectivity index (χ2n) is 6.62. The Morgan fingerprint density at radius 3 is 2.54 bits per heavy atom. The van der Waals surface area contributed by atoms with Crippen molar-refractivity contribution in [1.29, 1.82) is 0 Å². The first-order valence-electron chi connectivity index (χ1n) is 8.94.